The molecule has 1 fully saturated rings. The highest BCUT2D eigenvalue weighted by Gasteiger charge is 2.18. The van der Waals surface area contributed by atoms with Crippen LogP contribution in [0, 0.1) is 5.92 Å². The van der Waals surface area contributed by atoms with Crippen LogP contribution in [0.3, 0.4) is 0 Å². The molecule has 0 aliphatic carbocycles. The van der Waals surface area contributed by atoms with Crippen molar-refractivity contribution in [3.05, 3.63) is 36.1 Å². The molecular weight excluding hydrogens is 463 g/mol. The largest absolute Gasteiger partial charge is 0.459 e. The Labute approximate surface area is 186 Å². The van der Waals surface area contributed by atoms with Gasteiger partial charge in [-0.15, -0.1) is 24.0 Å². The molecule has 2 aromatic rings. The fourth-order valence-electron chi connectivity index (χ4n) is 3.76. The number of fused-ring (bicyclic) bond motifs is 1. The first-order chi connectivity index (χ1) is 13.2. The molecule has 1 saturated heterocycles. The summed E-state index contributed by atoms with van der Waals surface area (Å²) in [7, 11) is 0. The lowest BCUT2D eigenvalue weighted by atomic mass is 9.94. The lowest BCUT2D eigenvalue weighted by Crippen LogP contribution is -2.39. The molecule has 0 spiro atoms. The van der Waals surface area contributed by atoms with E-state index in [-0.39, 0.29) is 30.0 Å². The van der Waals surface area contributed by atoms with Crippen molar-refractivity contribution in [1.29, 1.82) is 0 Å². The van der Waals surface area contributed by atoms with Gasteiger partial charge in [-0.25, -0.2) is 0 Å². The van der Waals surface area contributed by atoms with Gasteiger partial charge >= 0.3 is 0 Å². The van der Waals surface area contributed by atoms with Crippen molar-refractivity contribution in [3.63, 3.8) is 0 Å². The molecule has 2 heterocycles. The molecule has 0 radical (unpaired) electrons. The number of furan rings is 1. The van der Waals surface area contributed by atoms with Crippen LogP contribution in [0.15, 0.2) is 39.7 Å². The zero-order valence-electron chi connectivity index (χ0n) is 17.4. The van der Waals surface area contributed by atoms with E-state index in [1.165, 1.54) is 38.9 Å². The van der Waals surface area contributed by atoms with E-state index in [4.69, 9.17) is 9.41 Å². The van der Waals surface area contributed by atoms with E-state index in [0.29, 0.717) is 0 Å². The molecule has 28 heavy (non-hydrogen) atoms. The molecule has 3 rings (SSSR count). The summed E-state index contributed by atoms with van der Waals surface area (Å²) in [6, 6.07) is 10.3. The third kappa shape index (κ3) is 6.37. The quantitative estimate of drug-likeness (QED) is 0.328. The lowest BCUT2D eigenvalue weighted by Gasteiger charge is -2.30. The van der Waals surface area contributed by atoms with Gasteiger partial charge in [-0.3, -0.25) is 4.99 Å². The van der Waals surface area contributed by atoms with E-state index in [1.807, 2.05) is 18.2 Å². The summed E-state index contributed by atoms with van der Waals surface area (Å²) >= 11 is 0. The van der Waals surface area contributed by atoms with Gasteiger partial charge in [0.1, 0.15) is 11.3 Å². The lowest BCUT2D eigenvalue weighted by molar-refractivity contribution is 0.188. The molecular formula is C22H35IN4O. The maximum atomic E-state index is 5.98. The number of halogens is 1. The minimum Gasteiger partial charge on any atom is -0.459 e. The standard InChI is InChI=1S/C22H34N4O.HI/c1-4-23-22(24-13-10-18-11-14-26(5-2)15-12-18)25-17(3)21-16-19-8-6-7-9-20(19)27-21;/h6-9,16-18H,4-5,10-15H2,1-3H3,(H2,23,24,25);1H. The predicted octanol–water partition coefficient (Wildman–Crippen LogP) is 4.79. The zero-order valence-corrected chi connectivity index (χ0v) is 19.7. The minimum absolute atomic E-state index is 0. The topological polar surface area (TPSA) is 52.8 Å². The van der Waals surface area contributed by atoms with Crippen LogP contribution in [0.5, 0.6) is 0 Å². The molecule has 1 atom stereocenters. The second-order valence-electron chi connectivity index (χ2n) is 7.48. The summed E-state index contributed by atoms with van der Waals surface area (Å²) < 4.78 is 5.98. The fraction of sp³-hybridized carbons (Fsp3) is 0.591. The van der Waals surface area contributed by atoms with Crippen LogP contribution in [0.25, 0.3) is 11.0 Å². The van der Waals surface area contributed by atoms with Crippen molar-refractivity contribution in [2.75, 3.05) is 32.7 Å². The van der Waals surface area contributed by atoms with E-state index in [9.17, 15) is 0 Å². The number of nitrogens with zero attached hydrogens (tertiary/aromatic N) is 2. The molecule has 2 N–H and O–H groups in total. The molecule has 0 amide bonds. The number of aliphatic imine (C=N–C) groups is 1. The molecule has 1 aromatic heterocycles. The van der Waals surface area contributed by atoms with Gasteiger partial charge in [0.2, 0.25) is 0 Å². The first kappa shape index (κ1) is 23.0. The van der Waals surface area contributed by atoms with Crippen molar-refractivity contribution in [2.45, 2.75) is 46.1 Å². The Kier molecular flexibility index (Phi) is 9.58. The maximum Gasteiger partial charge on any atom is 0.191 e. The van der Waals surface area contributed by atoms with Crippen molar-refractivity contribution >= 4 is 40.9 Å². The van der Waals surface area contributed by atoms with Gasteiger partial charge in [0.15, 0.2) is 5.96 Å². The van der Waals surface area contributed by atoms with Crippen LogP contribution >= 0.6 is 24.0 Å². The Bertz CT molecular complexity index is 704. The van der Waals surface area contributed by atoms with Gasteiger partial charge in [-0.1, -0.05) is 25.1 Å². The molecule has 156 valence electrons. The second-order valence-corrected chi connectivity index (χ2v) is 7.48. The summed E-state index contributed by atoms with van der Waals surface area (Å²) in [4.78, 5) is 7.35. The minimum atomic E-state index is 0. The van der Waals surface area contributed by atoms with E-state index in [0.717, 1.165) is 41.7 Å². The molecule has 5 nitrogen and oxygen atoms in total. The third-order valence-corrected chi connectivity index (χ3v) is 5.53. The van der Waals surface area contributed by atoms with Crippen LogP contribution in [-0.4, -0.2) is 43.6 Å². The number of benzene rings is 1. The van der Waals surface area contributed by atoms with Crippen LogP contribution in [-0.2, 0) is 0 Å². The van der Waals surface area contributed by atoms with Gasteiger partial charge in [0, 0.05) is 18.5 Å². The normalized spacial score (nSPS) is 17.3. The highest BCUT2D eigenvalue weighted by Crippen LogP contribution is 2.23. The zero-order chi connectivity index (χ0) is 19.1. The van der Waals surface area contributed by atoms with Gasteiger partial charge in [-0.2, -0.15) is 0 Å². The Morgan fingerprint density at radius 2 is 2.00 bits per heavy atom. The van der Waals surface area contributed by atoms with Gasteiger partial charge in [-0.05, 0) is 70.8 Å². The number of nitrogens with one attached hydrogen (secondary N) is 2. The van der Waals surface area contributed by atoms with Crippen LogP contribution in [0.2, 0.25) is 0 Å². The number of guanidine groups is 1. The SMILES string of the molecule is CCNC(=NCCC1CCN(CC)CC1)NC(C)c1cc2ccccc2o1.I. The van der Waals surface area contributed by atoms with Crippen molar-refractivity contribution < 1.29 is 4.42 Å². The van der Waals surface area contributed by atoms with Gasteiger partial charge in [0.25, 0.3) is 0 Å². The first-order valence-electron chi connectivity index (χ1n) is 10.4. The maximum absolute atomic E-state index is 5.98. The first-order valence-corrected chi connectivity index (χ1v) is 10.4. The Morgan fingerprint density at radius 3 is 2.68 bits per heavy atom. The van der Waals surface area contributed by atoms with E-state index < -0.39 is 0 Å². The fourth-order valence-corrected chi connectivity index (χ4v) is 3.76. The number of rotatable bonds is 7. The number of hydrogen-bond acceptors (Lipinski definition) is 3. The van der Waals surface area contributed by atoms with Gasteiger partial charge in [0.05, 0.1) is 6.04 Å². The average molecular weight is 498 g/mol. The van der Waals surface area contributed by atoms with E-state index in [2.05, 4.69) is 48.4 Å². The van der Waals surface area contributed by atoms with Crippen LogP contribution in [0.4, 0.5) is 0 Å². The molecule has 1 aliphatic rings. The van der Waals surface area contributed by atoms with Crippen molar-refractivity contribution in [3.8, 4) is 0 Å². The molecule has 0 saturated carbocycles. The summed E-state index contributed by atoms with van der Waals surface area (Å²) in [6.45, 7) is 11.9. The predicted molar refractivity (Wildman–Crippen MR) is 129 cm³/mol. The van der Waals surface area contributed by atoms with Crippen LogP contribution < -0.4 is 10.6 Å². The smallest absolute Gasteiger partial charge is 0.191 e. The highest BCUT2D eigenvalue weighted by atomic mass is 127. The summed E-state index contributed by atoms with van der Waals surface area (Å²) in [5.41, 5.74) is 0.932. The Balaban J connectivity index is 0.00000280. The Hall–Kier alpha value is -1.28. The third-order valence-electron chi connectivity index (χ3n) is 5.53. The Morgan fingerprint density at radius 1 is 1.25 bits per heavy atom. The van der Waals surface area contributed by atoms with Crippen LogP contribution in [0.1, 0.15) is 51.8 Å². The van der Waals surface area contributed by atoms with E-state index in [1.54, 1.807) is 0 Å². The molecule has 0 bridgehead atoms. The van der Waals surface area contributed by atoms with Crippen molar-refractivity contribution in [1.82, 2.24) is 15.5 Å². The average Bonchev–Trinajstić information content (AvgIpc) is 3.13. The van der Waals surface area contributed by atoms with Crippen molar-refractivity contribution in [2.24, 2.45) is 10.9 Å². The number of para-hydroxylation sites is 1. The highest BCUT2D eigenvalue weighted by molar-refractivity contribution is 14.0. The monoisotopic (exact) mass is 498 g/mol. The number of likely N-dealkylation sites (tertiary alicyclic amines) is 1. The molecule has 1 aliphatic heterocycles. The van der Waals surface area contributed by atoms with Gasteiger partial charge < -0.3 is 20.0 Å². The molecule has 1 aromatic carbocycles. The summed E-state index contributed by atoms with van der Waals surface area (Å²) in [5, 5.41) is 7.99. The molecule has 1 unspecified atom stereocenters. The molecule has 6 heteroatoms. The number of hydrogen-bond donors (Lipinski definition) is 2. The number of piperidine rings is 1. The summed E-state index contributed by atoms with van der Waals surface area (Å²) in [6.07, 6.45) is 3.79. The second kappa shape index (κ2) is 11.7. The van der Waals surface area contributed by atoms with E-state index >= 15 is 0 Å². The summed E-state index contributed by atoms with van der Waals surface area (Å²) in [5.74, 6) is 2.62.